The third-order valence-electron chi connectivity index (χ3n) is 7.14. The van der Waals surface area contributed by atoms with E-state index in [1.807, 2.05) is 45.2 Å². The first kappa shape index (κ1) is 32.6. The molecule has 0 spiro atoms. The minimum absolute atomic E-state index is 0.0750. The van der Waals surface area contributed by atoms with Gasteiger partial charge >= 0.3 is 12.2 Å². The number of rotatable bonds is 6. The Labute approximate surface area is 283 Å². The van der Waals surface area contributed by atoms with Crippen molar-refractivity contribution in [3.8, 4) is 0 Å². The summed E-state index contributed by atoms with van der Waals surface area (Å²) in [5, 5.41) is 10.9. The van der Waals surface area contributed by atoms with Crippen molar-refractivity contribution in [2.24, 2.45) is 17.0 Å². The van der Waals surface area contributed by atoms with Gasteiger partial charge in [-0.05, 0) is 105 Å². The number of benzene rings is 2. The molecule has 234 valence electrons. The first-order chi connectivity index (χ1) is 21.7. The minimum atomic E-state index is -0.561. The molecule has 0 saturated carbocycles. The van der Waals surface area contributed by atoms with Crippen molar-refractivity contribution in [1.29, 1.82) is 0 Å². The van der Waals surface area contributed by atoms with Gasteiger partial charge in [-0.25, -0.2) is 23.1 Å². The summed E-state index contributed by atoms with van der Waals surface area (Å²) < 4.78 is 39.8. The lowest BCUT2D eigenvalue weighted by atomic mass is 10.2. The summed E-state index contributed by atoms with van der Waals surface area (Å²) in [5.74, 6) is 0.880. The van der Waals surface area contributed by atoms with Gasteiger partial charge in [-0.1, -0.05) is 34.6 Å². The van der Waals surface area contributed by atoms with E-state index >= 15 is 0 Å². The molecular formula is C29H26F2I2N8O4. The van der Waals surface area contributed by atoms with Crippen LogP contribution in [0.15, 0.2) is 78.2 Å². The first-order valence-electron chi connectivity index (χ1n) is 13.8. The van der Waals surface area contributed by atoms with Gasteiger partial charge in [-0.3, -0.25) is 9.80 Å². The van der Waals surface area contributed by atoms with Crippen LogP contribution in [0.25, 0.3) is 10.4 Å². The lowest BCUT2D eigenvalue weighted by Gasteiger charge is -2.13. The Bertz CT molecular complexity index is 1620. The summed E-state index contributed by atoms with van der Waals surface area (Å²) in [6.45, 7) is 1.11. The summed E-state index contributed by atoms with van der Waals surface area (Å²) in [7, 11) is 0. The molecule has 7 rings (SSSR count). The van der Waals surface area contributed by atoms with E-state index in [0.29, 0.717) is 31.6 Å². The van der Waals surface area contributed by atoms with Crippen LogP contribution < -0.4 is 9.80 Å². The Morgan fingerprint density at radius 2 is 1.42 bits per heavy atom. The van der Waals surface area contributed by atoms with Crippen molar-refractivity contribution < 1.29 is 27.8 Å². The number of cyclic esters (lactones) is 2. The number of allylic oxidation sites excluding steroid dienone is 4. The number of halogens is 4. The van der Waals surface area contributed by atoms with Crippen molar-refractivity contribution in [1.82, 2.24) is 15.0 Å². The van der Waals surface area contributed by atoms with Crippen molar-refractivity contribution >= 4 is 68.7 Å². The molecule has 3 heterocycles. The highest BCUT2D eigenvalue weighted by Gasteiger charge is 2.33. The molecule has 2 saturated heterocycles. The molecule has 0 N–H and O–H groups in total. The van der Waals surface area contributed by atoms with E-state index < -0.39 is 18.3 Å². The van der Waals surface area contributed by atoms with Crippen molar-refractivity contribution in [3.05, 3.63) is 102 Å². The number of hydrogen-bond acceptors (Lipinski definition) is 7. The maximum atomic E-state index is 13.6. The van der Waals surface area contributed by atoms with Crippen LogP contribution in [-0.2, 0) is 16.0 Å². The molecule has 12 nitrogen and oxygen atoms in total. The fourth-order valence-electron chi connectivity index (χ4n) is 4.95. The van der Waals surface area contributed by atoms with Crippen LogP contribution in [0.4, 0.5) is 29.7 Å². The topological polar surface area (TPSA) is 139 Å². The molecule has 3 aromatic rings. The molecule has 2 fully saturated rings. The summed E-state index contributed by atoms with van der Waals surface area (Å²) in [4.78, 5) is 28.8. The van der Waals surface area contributed by atoms with E-state index in [1.54, 1.807) is 41.3 Å². The van der Waals surface area contributed by atoms with Crippen LogP contribution in [0.3, 0.4) is 0 Å². The fourth-order valence-corrected chi connectivity index (χ4v) is 5.63. The number of nitrogens with zero attached hydrogens (tertiary/aromatic N) is 8. The second-order valence-corrected chi connectivity index (χ2v) is 12.6. The Hall–Kier alpha value is -3.77. The van der Waals surface area contributed by atoms with Gasteiger partial charge in [0.15, 0.2) is 0 Å². The average Bonchev–Trinajstić information content (AvgIpc) is 3.87. The Kier molecular flexibility index (Phi) is 10.9. The molecule has 0 unspecified atom stereocenters. The smallest absolute Gasteiger partial charge is 0.414 e. The number of aromatic nitrogens is 3. The second kappa shape index (κ2) is 15.0. The monoisotopic (exact) mass is 842 g/mol. The van der Waals surface area contributed by atoms with Gasteiger partial charge in [0.25, 0.3) is 0 Å². The van der Waals surface area contributed by atoms with Crippen LogP contribution in [0.1, 0.15) is 6.42 Å². The van der Waals surface area contributed by atoms with Crippen LogP contribution in [0, 0.1) is 30.6 Å². The Morgan fingerprint density at radius 1 is 0.889 bits per heavy atom. The summed E-state index contributed by atoms with van der Waals surface area (Å²) in [6, 6.07) is 9.16. The number of anilines is 2. The molecule has 16 heteroatoms. The van der Waals surface area contributed by atoms with E-state index in [0.717, 1.165) is 11.8 Å². The molecular weight excluding hydrogens is 816 g/mol. The summed E-state index contributed by atoms with van der Waals surface area (Å²) >= 11 is 3.77. The molecule has 2 atom stereocenters. The van der Waals surface area contributed by atoms with E-state index in [2.05, 4.69) is 44.6 Å². The number of carbonyl (C=O) groups is 2. The lowest BCUT2D eigenvalue weighted by molar-refractivity contribution is 0.129. The molecule has 0 radical (unpaired) electrons. The Morgan fingerprint density at radius 3 is 1.87 bits per heavy atom. The zero-order valence-electron chi connectivity index (χ0n) is 23.5. The summed E-state index contributed by atoms with van der Waals surface area (Å²) in [6.07, 6.45) is 11.9. The molecule has 2 bridgehead atoms. The van der Waals surface area contributed by atoms with E-state index in [4.69, 9.17) is 15.0 Å². The molecule has 45 heavy (non-hydrogen) atoms. The standard InChI is InChI=1S/C12H10FIN4O2.C10H8FIN4O2.C7H8/c13-10-5-8(1-2-11(10)14)18-7-9(20-12(18)19)6-17-4-3-15-16-17;11-8-3-6(1-2-9(8)12)16-5-7(4-14-15-13)18-10(16)17;1-2-7-4-3-6(1)5-7/h1-5,9H,6-7H2;1-3,7H,4-5H2;1-4,6-7H,5H2/t9-;7-;/m00./s1. The molecule has 2 aromatic carbocycles. The normalized spacial score (nSPS) is 22.3. The van der Waals surface area contributed by atoms with E-state index in [-0.39, 0.29) is 30.8 Å². The van der Waals surface area contributed by atoms with Crippen LogP contribution in [0.5, 0.6) is 0 Å². The van der Waals surface area contributed by atoms with Gasteiger partial charge < -0.3 is 9.47 Å². The quantitative estimate of drug-likeness (QED) is 0.0875. The van der Waals surface area contributed by atoms with Gasteiger partial charge in [0.05, 0.1) is 43.8 Å². The average molecular weight is 842 g/mol. The van der Waals surface area contributed by atoms with Crippen LogP contribution in [-0.4, -0.2) is 59.0 Å². The van der Waals surface area contributed by atoms with Gasteiger partial charge in [-0.15, -0.1) is 5.10 Å². The maximum absolute atomic E-state index is 13.6. The van der Waals surface area contributed by atoms with Crippen molar-refractivity contribution in [2.75, 3.05) is 29.4 Å². The lowest BCUT2D eigenvalue weighted by Crippen LogP contribution is -2.26. The number of carbonyl (C=O) groups excluding carboxylic acids is 2. The molecule has 2 amide bonds. The highest BCUT2D eigenvalue weighted by Crippen LogP contribution is 2.31. The molecule has 2 aliphatic carbocycles. The zero-order chi connectivity index (χ0) is 31.9. The first-order valence-corrected chi connectivity index (χ1v) is 15.9. The highest BCUT2D eigenvalue weighted by molar-refractivity contribution is 14.1. The fraction of sp³-hybridized carbons (Fsp3) is 0.310. The number of azide groups is 1. The number of ether oxygens (including phenoxy) is 2. The van der Waals surface area contributed by atoms with Crippen molar-refractivity contribution in [3.63, 3.8) is 0 Å². The summed E-state index contributed by atoms with van der Waals surface area (Å²) in [5.41, 5.74) is 9.12. The molecule has 1 aromatic heterocycles. The van der Waals surface area contributed by atoms with Gasteiger partial charge in [-0.2, -0.15) is 0 Å². The third kappa shape index (κ3) is 8.49. The maximum Gasteiger partial charge on any atom is 0.414 e. The van der Waals surface area contributed by atoms with Crippen LogP contribution in [0.2, 0.25) is 0 Å². The number of hydrogen-bond donors (Lipinski definition) is 0. The predicted octanol–water partition coefficient (Wildman–Crippen LogP) is 6.86. The number of fused-ring (bicyclic) bond motifs is 2. The molecule has 2 aliphatic heterocycles. The van der Waals surface area contributed by atoms with E-state index in [1.165, 1.54) is 28.4 Å². The zero-order valence-corrected chi connectivity index (χ0v) is 27.8. The van der Waals surface area contributed by atoms with Gasteiger partial charge in [0.1, 0.15) is 23.8 Å². The van der Waals surface area contributed by atoms with Crippen molar-refractivity contribution in [2.45, 2.75) is 25.2 Å². The highest BCUT2D eigenvalue weighted by atomic mass is 127. The minimum Gasteiger partial charge on any atom is -0.444 e. The predicted molar refractivity (Wildman–Crippen MR) is 177 cm³/mol. The largest absolute Gasteiger partial charge is 0.444 e. The van der Waals surface area contributed by atoms with E-state index in [9.17, 15) is 18.4 Å². The number of amides is 2. The second-order valence-electron chi connectivity index (χ2n) is 10.3. The SMILES string of the molecule is C1=CC2C=CC1C2.O=C1O[C@@H](Cn2ccnn2)CN1c1ccc(I)c(F)c1.[N-]=[N+]=NC[C@H]1CN(c2ccc(I)c(F)c2)C(=O)O1. The van der Waals surface area contributed by atoms with Crippen LogP contribution >= 0.6 is 45.2 Å². The Balaban J connectivity index is 0.000000147. The van der Waals surface area contributed by atoms with Gasteiger partial charge in [0, 0.05) is 18.2 Å². The third-order valence-corrected chi connectivity index (χ3v) is 8.89. The van der Waals surface area contributed by atoms with Gasteiger partial charge in [0.2, 0.25) is 0 Å². The molecule has 4 aliphatic rings.